The zero-order valence-corrected chi connectivity index (χ0v) is 5.73. The minimum absolute atomic E-state index is 0.396. The van der Waals surface area contributed by atoms with E-state index in [0.29, 0.717) is 10.7 Å². The normalized spacial score (nSPS) is 9.18. The van der Waals surface area contributed by atoms with E-state index in [4.69, 9.17) is 5.84 Å². The highest BCUT2D eigenvalue weighted by Gasteiger charge is 1.98. The lowest BCUT2D eigenvalue weighted by atomic mass is 10.3. The van der Waals surface area contributed by atoms with Crippen molar-refractivity contribution in [3.63, 3.8) is 0 Å². The molecular formula is C7H7N2O2-. The number of nitrogens with two attached hydrogens (primary N) is 1. The second kappa shape index (κ2) is 3.03. The summed E-state index contributed by atoms with van der Waals surface area (Å²) in [5, 5.41) is 10.7. The first-order chi connectivity index (χ1) is 5.22. The van der Waals surface area contributed by atoms with E-state index in [-0.39, 0.29) is 0 Å². The van der Waals surface area contributed by atoms with Gasteiger partial charge in [-0.05, 0) is 12.1 Å². The molecular weight excluding hydrogens is 144 g/mol. The van der Waals surface area contributed by atoms with E-state index in [1.807, 2.05) is 0 Å². The molecule has 0 saturated heterocycles. The van der Waals surface area contributed by atoms with Crippen LogP contribution < -0.4 is 16.0 Å². The number of amides is 1. The van der Waals surface area contributed by atoms with Crippen LogP contribution in [0.3, 0.4) is 0 Å². The molecule has 1 aromatic rings. The maximum Gasteiger partial charge on any atom is 0.156 e. The minimum Gasteiger partial charge on any atom is -0.529 e. The summed E-state index contributed by atoms with van der Waals surface area (Å²) < 4.78 is 0. The Labute approximate surface area is 63.8 Å². The van der Waals surface area contributed by atoms with Gasteiger partial charge >= 0.3 is 0 Å². The number of hydrogen-bond donors (Lipinski definition) is 1. The molecule has 11 heavy (non-hydrogen) atoms. The predicted molar refractivity (Wildman–Crippen MR) is 38.5 cm³/mol. The van der Waals surface area contributed by atoms with Crippen molar-refractivity contribution in [2.75, 3.05) is 5.01 Å². The van der Waals surface area contributed by atoms with Gasteiger partial charge in [0, 0.05) is 0 Å². The van der Waals surface area contributed by atoms with Gasteiger partial charge in [-0.15, -0.1) is 0 Å². The number of hydrogen-bond acceptors (Lipinski definition) is 3. The largest absolute Gasteiger partial charge is 0.529 e. The van der Waals surface area contributed by atoms with E-state index >= 15 is 0 Å². The monoisotopic (exact) mass is 151 g/mol. The number of anilines is 1. The second-order valence-electron chi connectivity index (χ2n) is 1.97. The molecule has 4 heteroatoms. The Hall–Kier alpha value is -1.55. The van der Waals surface area contributed by atoms with Gasteiger partial charge in [-0.3, -0.25) is 5.01 Å². The number of hydrazine groups is 1. The molecule has 2 N–H and O–H groups in total. The highest BCUT2D eigenvalue weighted by Crippen LogP contribution is 2.07. The maximum atomic E-state index is 10.2. The first-order valence-electron chi connectivity index (χ1n) is 3.02. The number of carbonyl (C=O) groups is 1. The standard InChI is InChI=1S/C7H8N2O2/c8-9(7(10)11)6-4-2-1-3-5-6/h1-5H,8H2,(H,10,11)/p-1. The summed E-state index contributed by atoms with van der Waals surface area (Å²) in [5.41, 5.74) is 0.396. The van der Waals surface area contributed by atoms with Crippen LogP contribution in [0.2, 0.25) is 0 Å². The van der Waals surface area contributed by atoms with Crippen LogP contribution in [-0.4, -0.2) is 6.09 Å². The predicted octanol–water partition coefficient (Wildman–Crippen LogP) is -0.290. The Kier molecular flexibility index (Phi) is 2.08. The molecule has 0 aliphatic rings. The van der Waals surface area contributed by atoms with E-state index in [1.54, 1.807) is 30.3 Å². The quantitative estimate of drug-likeness (QED) is 0.340. The van der Waals surface area contributed by atoms with E-state index in [9.17, 15) is 9.90 Å². The van der Waals surface area contributed by atoms with Crippen molar-refractivity contribution in [2.45, 2.75) is 0 Å². The lowest BCUT2D eigenvalue weighted by molar-refractivity contribution is -0.246. The Morgan fingerprint density at radius 2 is 1.91 bits per heavy atom. The van der Waals surface area contributed by atoms with Crippen LogP contribution >= 0.6 is 0 Å². The number of rotatable bonds is 1. The van der Waals surface area contributed by atoms with Gasteiger partial charge in [-0.2, -0.15) is 0 Å². The second-order valence-corrected chi connectivity index (χ2v) is 1.97. The summed E-state index contributed by atoms with van der Waals surface area (Å²) in [7, 11) is 0. The molecule has 58 valence electrons. The van der Waals surface area contributed by atoms with Crippen molar-refractivity contribution >= 4 is 11.8 Å². The molecule has 0 aromatic heterocycles. The molecule has 0 bridgehead atoms. The third-order valence-corrected chi connectivity index (χ3v) is 1.23. The van der Waals surface area contributed by atoms with Crippen molar-refractivity contribution in [2.24, 2.45) is 5.84 Å². The van der Waals surface area contributed by atoms with E-state index < -0.39 is 6.09 Å². The number of para-hydroxylation sites is 1. The average Bonchev–Trinajstić information content (AvgIpc) is 2.05. The molecule has 4 nitrogen and oxygen atoms in total. The highest BCUT2D eigenvalue weighted by atomic mass is 16.4. The summed E-state index contributed by atoms with van der Waals surface area (Å²) >= 11 is 0. The van der Waals surface area contributed by atoms with E-state index in [1.165, 1.54) is 0 Å². The van der Waals surface area contributed by atoms with Gasteiger partial charge in [0.1, 0.15) is 0 Å². The molecule has 0 saturated carbocycles. The van der Waals surface area contributed by atoms with Crippen LogP contribution in [0.4, 0.5) is 10.5 Å². The molecule has 0 atom stereocenters. The Morgan fingerprint density at radius 1 is 1.36 bits per heavy atom. The molecule has 0 unspecified atom stereocenters. The van der Waals surface area contributed by atoms with Gasteiger partial charge in [-0.1, -0.05) is 18.2 Å². The van der Waals surface area contributed by atoms with Crippen LogP contribution in [-0.2, 0) is 0 Å². The Morgan fingerprint density at radius 3 is 2.36 bits per heavy atom. The lowest BCUT2D eigenvalue weighted by Gasteiger charge is -2.17. The Balaban J connectivity index is 2.85. The van der Waals surface area contributed by atoms with Crippen LogP contribution in [0, 0.1) is 0 Å². The molecule has 1 amide bonds. The molecule has 0 heterocycles. The van der Waals surface area contributed by atoms with Crippen LogP contribution in [0.15, 0.2) is 30.3 Å². The van der Waals surface area contributed by atoms with Gasteiger partial charge in [0.2, 0.25) is 0 Å². The zero-order valence-electron chi connectivity index (χ0n) is 5.73. The zero-order chi connectivity index (χ0) is 8.27. The smallest absolute Gasteiger partial charge is 0.156 e. The molecule has 0 radical (unpaired) electrons. The maximum absolute atomic E-state index is 10.2. The summed E-state index contributed by atoms with van der Waals surface area (Å²) in [6.07, 6.45) is -1.42. The fraction of sp³-hybridized carbons (Fsp3) is 0. The fourth-order valence-corrected chi connectivity index (χ4v) is 0.694. The average molecular weight is 151 g/mol. The van der Waals surface area contributed by atoms with Crippen molar-refractivity contribution in [1.82, 2.24) is 0 Å². The topological polar surface area (TPSA) is 69.4 Å². The van der Waals surface area contributed by atoms with Crippen molar-refractivity contribution in [1.29, 1.82) is 0 Å². The van der Waals surface area contributed by atoms with Gasteiger partial charge in [0.05, 0.1) is 5.69 Å². The molecule has 0 spiro atoms. The summed E-state index contributed by atoms with van der Waals surface area (Å²) in [6, 6.07) is 8.31. The number of carboxylic acid groups (broad SMARTS) is 1. The van der Waals surface area contributed by atoms with E-state index in [2.05, 4.69) is 0 Å². The first kappa shape index (κ1) is 7.56. The van der Waals surface area contributed by atoms with Crippen LogP contribution in [0.25, 0.3) is 0 Å². The van der Waals surface area contributed by atoms with Gasteiger partial charge in [-0.25, -0.2) is 5.84 Å². The molecule has 0 aliphatic heterocycles. The van der Waals surface area contributed by atoms with Crippen molar-refractivity contribution in [3.8, 4) is 0 Å². The third kappa shape index (κ3) is 1.68. The lowest BCUT2D eigenvalue weighted by Crippen LogP contribution is -2.46. The van der Waals surface area contributed by atoms with Gasteiger partial charge in [0.15, 0.2) is 6.09 Å². The third-order valence-electron chi connectivity index (χ3n) is 1.23. The number of benzene rings is 1. The van der Waals surface area contributed by atoms with Gasteiger partial charge < -0.3 is 9.90 Å². The van der Waals surface area contributed by atoms with Crippen LogP contribution in [0.5, 0.6) is 0 Å². The fourth-order valence-electron chi connectivity index (χ4n) is 0.694. The SMILES string of the molecule is NN(C(=O)[O-])c1ccccc1. The van der Waals surface area contributed by atoms with Crippen LogP contribution in [0.1, 0.15) is 0 Å². The molecule has 1 aromatic carbocycles. The highest BCUT2D eigenvalue weighted by molar-refractivity contribution is 5.82. The molecule has 0 aliphatic carbocycles. The Bertz CT molecular complexity index is 248. The number of carbonyl (C=O) groups excluding carboxylic acids is 1. The van der Waals surface area contributed by atoms with E-state index in [0.717, 1.165) is 0 Å². The molecule has 1 rings (SSSR count). The summed E-state index contributed by atoms with van der Waals surface area (Å²) in [6.45, 7) is 0. The van der Waals surface area contributed by atoms with Gasteiger partial charge in [0.25, 0.3) is 0 Å². The number of nitrogens with zero attached hydrogens (tertiary/aromatic N) is 1. The summed E-state index contributed by atoms with van der Waals surface area (Å²) in [4.78, 5) is 10.2. The van der Waals surface area contributed by atoms with Crippen molar-refractivity contribution in [3.05, 3.63) is 30.3 Å². The summed E-state index contributed by atoms with van der Waals surface area (Å²) in [5.74, 6) is 5.11. The first-order valence-corrected chi connectivity index (χ1v) is 3.02. The minimum atomic E-state index is -1.42. The van der Waals surface area contributed by atoms with Crippen molar-refractivity contribution < 1.29 is 9.90 Å². The molecule has 0 fully saturated rings.